The van der Waals surface area contributed by atoms with Crippen molar-refractivity contribution in [3.8, 4) is 11.3 Å². The van der Waals surface area contributed by atoms with Crippen LogP contribution in [0.1, 0.15) is 22.3 Å². The highest BCUT2D eigenvalue weighted by Crippen LogP contribution is 2.44. The highest BCUT2D eigenvalue weighted by Gasteiger charge is 2.41. The maximum Gasteiger partial charge on any atom is 0.421 e. The lowest BCUT2D eigenvalue weighted by Crippen LogP contribution is -2.16. The first-order valence-corrected chi connectivity index (χ1v) is 8.20. The second kappa shape index (κ2) is 7.57. The van der Waals surface area contributed by atoms with Crippen molar-refractivity contribution in [2.24, 2.45) is 0 Å². The van der Waals surface area contributed by atoms with Gasteiger partial charge in [0.2, 0.25) is 6.34 Å². The van der Waals surface area contributed by atoms with Crippen LogP contribution < -0.4 is 5.32 Å². The molecule has 0 aliphatic heterocycles. The Morgan fingerprint density at radius 3 is 2.11 bits per heavy atom. The number of alkyl halides is 6. The Labute approximate surface area is 161 Å². The summed E-state index contributed by atoms with van der Waals surface area (Å²) in [6, 6.07) is 1.92. The third kappa shape index (κ3) is 4.54. The van der Waals surface area contributed by atoms with Crippen LogP contribution in [0.2, 0.25) is 5.15 Å². The molecule has 0 saturated carbocycles. The summed E-state index contributed by atoms with van der Waals surface area (Å²) in [5, 5.41) is 1.65. The van der Waals surface area contributed by atoms with Gasteiger partial charge in [-0.3, -0.25) is 4.58 Å². The van der Waals surface area contributed by atoms with Gasteiger partial charge in [0.1, 0.15) is 10.7 Å². The molecule has 4 nitrogen and oxygen atoms in total. The molecule has 1 aromatic heterocycles. The van der Waals surface area contributed by atoms with E-state index in [0.717, 1.165) is 19.1 Å². The van der Waals surface area contributed by atoms with Crippen molar-refractivity contribution in [2.75, 3.05) is 19.4 Å². The minimum atomic E-state index is -4.97. The van der Waals surface area contributed by atoms with Crippen LogP contribution in [-0.2, 0) is 12.4 Å². The summed E-state index contributed by atoms with van der Waals surface area (Å²) in [4.78, 5) is 7.41. The quantitative estimate of drug-likeness (QED) is 0.243. The standard InChI is InChI=1S/C17H15ClF6N4/c1-8-5-6-10(16(19,20)21)9(2)11(8)13-12(17(22,23)24)14(18)27-15(26-13)25-7-28(3)4/h5-7H,1-4H3/p+1. The van der Waals surface area contributed by atoms with Gasteiger partial charge in [-0.15, -0.1) is 0 Å². The number of nitrogens with zero attached hydrogens (tertiary/aromatic N) is 3. The fourth-order valence-electron chi connectivity index (χ4n) is 2.64. The zero-order valence-corrected chi connectivity index (χ0v) is 16.0. The van der Waals surface area contributed by atoms with Crippen molar-refractivity contribution in [1.29, 1.82) is 0 Å². The third-order valence-electron chi connectivity index (χ3n) is 3.82. The van der Waals surface area contributed by atoms with E-state index in [1.807, 2.05) is 0 Å². The number of rotatable bonds is 3. The normalized spacial score (nSPS) is 12.1. The summed E-state index contributed by atoms with van der Waals surface area (Å²) < 4.78 is 82.2. The highest BCUT2D eigenvalue weighted by atomic mass is 35.5. The van der Waals surface area contributed by atoms with Crippen LogP contribution in [0.15, 0.2) is 12.1 Å². The Hall–Kier alpha value is -2.36. The molecule has 1 heterocycles. The molecule has 28 heavy (non-hydrogen) atoms. The molecule has 0 radical (unpaired) electrons. The summed E-state index contributed by atoms with van der Waals surface area (Å²) in [5.41, 5.74) is -3.65. The molecule has 2 aromatic rings. The number of nitrogens with one attached hydrogen (secondary N) is 1. The molecule has 0 saturated heterocycles. The van der Waals surface area contributed by atoms with Crippen LogP contribution in [0.3, 0.4) is 0 Å². The molecule has 1 aromatic carbocycles. The van der Waals surface area contributed by atoms with E-state index in [1.54, 1.807) is 14.1 Å². The molecule has 0 fully saturated rings. The predicted octanol–water partition coefficient (Wildman–Crippen LogP) is 5.16. The van der Waals surface area contributed by atoms with Gasteiger partial charge in [-0.1, -0.05) is 17.7 Å². The number of hydrogen-bond acceptors (Lipinski definition) is 2. The lowest BCUT2D eigenvalue weighted by molar-refractivity contribution is -0.459. The van der Waals surface area contributed by atoms with E-state index < -0.39 is 34.3 Å². The Kier molecular flexibility index (Phi) is 5.93. The molecule has 152 valence electrons. The van der Waals surface area contributed by atoms with Gasteiger partial charge in [-0.2, -0.15) is 36.3 Å². The lowest BCUT2D eigenvalue weighted by Gasteiger charge is -2.19. The van der Waals surface area contributed by atoms with Crippen LogP contribution in [0.4, 0.5) is 32.3 Å². The van der Waals surface area contributed by atoms with Gasteiger partial charge in [-0.05, 0) is 31.0 Å². The fraction of sp³-hybridized carbons (Fsp3) is 0.353. The summed E-state index contributed by atoms with van der Waals surface area (Å²) in [7, 11) is 3.28. The Morgan fingerprint density at radius 2 is 1.61 bits per heavy atom. The molecule has 0 amide bonds. The van der Waals surface area contributed by atoms with Gasteiger partial charge < -0.3 is 0 Å². The van der Waals surface area contributed by atoms with E-state index in [0.29, 0.717) is 0 Å². The largest absolute Gasteiger partial charge is 0.421 e. The lowest BCUT2D eigenvalue weighted by atomic mass is 9.93. The van der Waals surface area contributed by atoms with Gasteiger partial charge in [-0.25, -0.2) is 5.32 Å². The Balaban J connectivity index is 2.88. The van der Waals surface area contributed by atoms with Crippen molar-refractivity contribution in [3.05, 3.63) is 39.5 Å². The maximum absolute atomic E-state index is 13.6. The van der Waals surface area contributed by atoms with Crippen molar-refractivity contribution in [3.63, 3.8) is 0 Å². The minimum absolute atomic E-state index is 0.188. The SMILES string of the molecule is Cc1ccc(C(F)(F)F)c(C)c1-c1nc(NC=[N+](C)C)nc(Cl)c1C(F)(F)F. The molecule has 2 rings (SSSR count). The van der Waals surface area contributed by atoms with E-state index in [9.17, 15) is 26.3 Å². The minimum Gasteiger partial charge on any atom is -0.273 e. The summed E-state index contributed by atoms with van der Waals surface area (Å²) in [6.45, 7) is 2.50. The smallest absolute Gasteiger partial charge is 0.273 e. The third-order valence-corrected chi connectivity index (χ3v) is 4.09. The fourth-order valence-corrected chi connectivity index (χ4v) is 2.91. The molecule has 0 unspecified atom stereocenters. The van der Waals surface area contributed by atoms with Crippen LogP contribution in [0, 0.1) is 13.8 Å². The predicted molar refractivity (Wildman–Crippen MR) is 93.8 cm³/mol. The summed E-state index contributed by atoms with van der Waals surface area (Å²) in [6.07, 6.45) is -8.35. The van der Waals surface area contributed by atoms with E-state index in [-0.39, 0.29) is 22.6 Å². The first-order valence-electron chi connectivity index (χ1n) is 7.82. The average molecular weight is 426 g/mol. The van der Waals surface area contributed by atoms with Crippen molar-refractivity contribution in [2.45, 2.75) is 26.2 Å². The van der Waals surface area contributed by atoms with Crippen molar-refractivity contribution < 1.29 is 30.9 Å². The van der Waals surface area contributed by atoms with Crippen LogP contribution >= 0.6 is 11.6 Å². The first-order chi connectivity index (χ1) is 12.7. The number of hydrogen-bond donors (Lipinski definition) is 1. The van der Waals surface area contributed by atoms with Gasteiger partial charge in [0.05, 0.1) is 25.4 Å². The zero-order valence-electron chi connectivity index (χ0n) is 15.2. The van der Waals surface area contributed by atoms with Gasteiger partial charge in [0.25, 0.3) is 0 Å². The first kappa shape index (κ1) is 21.9. The molecule has 0 atom stereocenters. The molecule has 0 bridgehead atoms. The van der Waals surface area contributed by atoms with Gasteiger partial charge in [0, 0.05) is 5.56 Å². The average Bonchev–Trinajstić information content (AvgIpc) is 2.49. The van der Waals surface area contributed by atoms with E-state index >= 15 is 0 Å². The van der Waals surface area contributed by atoms with Crippen LogP contribution in [0.25, 0.3) is 11.3 Å². The number of halogens is 7. The molecule has 0 aliphatic carbocycles. The topological polar surface area (TPSA) is 40.8 Å². The van der Waals surface area contributed by atoms with Gasteiger partial charge in [0.15, 0.2) is 0 Å². The number of aryl methyl sites for hydroxylation is 1. The van der Waals surface area contributed by atoms with Crippen molar-refractivity contribution >= 4 is 23.9 Å². The summed E-state index contributed by atoms with van der Waals surface area (Å²) in [5.74, 6) is -0.280. The van der Waals surface area contributed by atoms with Gasteiger partial charge >= 0.3 is 18.3 Å². The highest BCUT2D eigenvalue weighted by molar-refractivity contribution is 6.30. The van der Waals surface area contributed by atoms with Crippen LogP contribution in [-0.4, -0.2) is 35.0 Å². The van der Waals surface area contributed by atoms with Crippen LogP contribution in [0.5, 0.6) is 0 Å². The Bertz CT molecular complexity index is 931. The second-order valence-corrected chi connectivity index (χ2v) is 6.58. The molecule has 1 N–H and O–H groups in total. The maximum atomic E-state index is 13.6. The monoisotopic (exact) mass is 425 g/mol. The molecule has 11 heteroatoms. The second-order valence-electron chi connectivity index (χ2n) is 6.22. The summed E-state index contributed by atoms with van der Waals surface area (Å²) >= 11 is 5.76. The number of anilines is 1. The number of benzene rings is 1. The van der Waals surface area contributed by atoms with Crippen molar-refractivity contribution in [1.82, 2.24) is 9.97 Å². The molecule has 0 spiro atoms. The molecular weight excluding hydrogens is 410 g/mol. The van der Waals surface area contributed by atoms with E-state index in [4.69, 9.17) is 11.6 Å². The number of aromatic nitrogens is 2. The van der Waals surface area contributed by atoms with E-state index in [1.165, 1.54) is 17.8 Å². The Morgan fingerprint density at radius 1 is 1.00 bits per heavy atom. The molecule has 0 aliphatic rings. The zero-order chi connectivity index (χ0) is 21.4. The van der Waals surface area contributed by atoms with E-state index in [2.05, 4.69) is 15.3 Å². The molecular formula is C17H16ClF6N4+.